The molecule has 0 radical (unpaired) electrons. The van der Waals surface area contributed by atoms with Gasteiger partial charge >= 0.3 is 12.1 Å². The van der Waals surface area contributed by atoms with Gasteiger partial charge in [0.2, 0.25) is 0 Å². The number of anilines is 1. The summed E-state index contributed by atoms with van der Waals surface area (Å²) >= 11 is 0. The Bertz CT molecular complexity index is 526. The molecule has 22 heavy (non-hydrogen) atoms. The summed E-state index contributed by atoms with van der Waals surface area (Å²) in [5, 5.41) is 8.76. The van der Waals surface area contributed by atoms with Gasteiger partial charge in [-0.25, -0.2) is 0 Å². The van der Waals surface area contributed by atoms with Crippen molar-refractivity contribution in [2.24, 2.45) is 5.92 Å². The van der Waals surface area contributed by atoms with Gasteiger partial charge in [0, 0.05) is 18.8 Å². The molecular formula is C15H19ClF3NO2. The number of rotatable bonds is 3. The van der Waals surface area contributed by atoms with Crippen LogP contribution in [0.3, 0.4) is 0 Å². The highest BCUT2D eigenvalue weighted by Crippen LogP contribution is 2.36. The average molecular weight is 338 g/mol. The number of halogens is 4. The predicted octanol–water partition coefficient (Wildman–Crippen LogP) is 3.82. The number of nitrogens with zero attached hydrogens (tertiary/aromatic N) is 1. The second kappa shape index (κ2) is 7.22. The Kier molecular flexibility index (Phi) is 6.11. The zero-order chi connectivity index (χ0) is 15.6. The van der Waals surface area contributed by atoms with Gasteiger partial charge in [-0.1, -0.05) is 12.1 Å². The molecule has 1 aromatic rings. The minimum absolute atomic E-state index is 0. The number of piperidine rings is 1. The van der Waals surface area contributed by atoms with Crippen LogP contribution in [0.5, 0.6) is 0 Å². The van der Waals surface area contributed by atoms with Crippen LogP contribution in [-0.4, -0.2) is 30.3 Å². The van der Waals surface area contributed by atoms with Crippen LogP contribution >= 0.6 is 12.4 Å². The highest BCUT2D eigenvalue weighted by Gasteiger charge is 2.41. The molecule has 0 atom stereocenters. The summed E-state index contributed by atoms with van der Waals surface area (Å²) in [5.74, 6) is -2.10. The fourth-order valence-corrected chi connectivity index (χ4v) is 2.80. The molecule has 1 aliphatic rings. The molecule has 0 bridgehead atoms. The van der Waals surface area contributed by atoms with Crippen molar-refractivity contribution in [1.29, 1.82) is 0 Å². The van der Waals surface area contributed by atoms with Gasteiger partial charge < -0.3 is 10.0 Å². The third-order valence-electron chi connectivity index (χ3n) is 3.92. The van der Waals surface area contributed by atoms with Crippen LogP contribution in [0.15, 0.2) is 18.2 Å². The van der Waals surface area contributed by atoms with Crippen molar-refractivity contribution in [2.75, 3.05) is 18.0 Å². The summed E-state index contributed by atoms with van der Waals surface area (Å²) in [6, 6.07) is 5.33. The lowest BCUT2D eigenvalue weighted by atomic mass is 9.95. The summed E-state index contributed by atoms with van der Waals surface area (Å²) < 4.78 is 38.0. The zero-order valence-electron chi connectivity index (χ0n) is 12.2. The lowest BCUT2D eigenvalue weighted by Crippen LogP contribution is -2.39. The molecule has 0 aliphatic carbocycles. The zero-order valence-corrected chi connectivity index (χ0v) is 13.0. The van der Waals surface area contributed by atoms with Crippen molar-refractivity contribution in [1.82, 2.24) is 0 Å². The summed E-state index contributed by atoms with van der Waals surface area (Å²) in [5.41, 5.74) is 2.50. The summed E-state index contributed by atoms with van der Waals surface area (Å²) in [6.45, 7) is 2.61. The molecule has 1 fully saturated rings. The maximum absolute atomic E-state index is 12.7. The van der Waals surface area contributed by atoms with Gasteiger partial charge in [0.05, 0.1) is 12.3 Å². The molecule has 1 aromatic carbocycles. The topological polar surface area (TPSA) is 40.5 Å². The van der Waals surface area contributed by atoms with Crippen molar-refractivity contribution in [3.63, 3.8) is 0 Å². The van der Waals surface area contributed by atoms with Gasteiger partial charge in [0.25, 0.3) is 0 Å². The molecule has 2 rings (SSSR count). The quantitative estimate of drug-likeness (QED) is 0.911. The summed E-state index contributed by atoms with van der Waals surface area (Å²) in [4.78, 5) is 12.6. The minimum Gasteiger partial charge on any atom is -0.481 e. The van der Waals surface area contributed by atoms with Crippen molar-refractivity contribution >= 4 is 24.1 Å². The van der Waals surface area contributed by atoms with E-state index >= 15 is 0 Å². The maximum Gasteiger partial charge on any atom is 0.391 e. The lowest BCUT2D eigenvalue weighted by Gasteiger charge is -2.35. The highest BCUT2D eigenvalue weighted by molar-refractivity contribution is 5.85. The number of aliphatic carboxylic acids is 1. The third-order valence-corrected chi connectivity index (χ3v) is 3.92. The molecule has 7 heteroatoms. The van der Waals surface area contributed by atoms with Crippen LogP contribution in [0.4, 0.5) is 18.9 Å². The number of alkyl halides is 3. The first-order chi connectivity index (χ1) is 9.77. The van der Waals surface area contributed by atoms with Crippen LogP contribution in [0.25, 0.3) is 0 Å². The van der Waals surface area contributed by atoms with Crippen LogP contribution < -0.4 is 4.90 Å². The van der Waals surface area contributed by atoms with Gasteiger partial charge in [-0.3, -0.25) is 4.79 Å². The van der Waals surface area contributed by atoms with E-state index in [-0.39, 0.29) is 31.7 Å². The van der Waals surface area contributed by atoms with Crippen LogP contribution in [0.2, 0.25) is 0 Å². The van der Waals surface area contributed by atoms with Crippen LogP contribution in [-0.2, 0) is 11.2 Å². The molecule has 0 unspecified atom stereocenters. The molecule has 1 aliphatic heterocycles. The van der Waals surface area contributed by atoms with E-state index in [1.807, 2.05) is 17.9 Å². The van der Waals surface area contributed by atoms with Crippen molar-refractivity contribution in [3.05, 3.63) is 29.3 Å². The van der Waals surface area contributed by atoms with Crippen molar-refractivity contribution < 1.29 is 23.1 Å². The van der Waals surface area contributed by atoms with Gasteiger partial charge in [0.1, 0.15) is 0 Å². The Balaban J connectivity index is 0.00000242. The SMILES string of the molecule is Cc1cc(CC(=O)O)ccc1N1CCC(C(F)(F)F)CC1.Cl. The fraction of sp³-hybridized carbons (Fsp3) is 0.533. The van der Waals surface area contributed by atoms with E-state index < -0.39 is 18.1 Å². The van der Waals surface area contributed by atoms with Crippen molar-refractivity contribution in [2.45, 2.75) is 32.4 Å². The van der Waals surface area contributed by atoms with E-state index in [2.05, 4.69) is 0 Å². The van der Waals surface area contributed by atoms with E-state index in [0.717, 1.165) is 11.3 Å². The molecule has 0 amide bonds. The molecule has 0 aromatic heterocycles. The molecular weight excluding hydrogens is 319 g/mol. The standard InChI is InChI=1S/C15H18F3NO2.ClH/c1-10-8-11(9-14(20)21)2-3-13(10)19-6-4-12(5-7-19)15(16,17)18;/h2-3,8,12H,4-7,9H2,1H3,(H,20,21);1H. The number of carbonyl (C=O) groups is 1. The Morgan fingerprint density at radius 2 is 1.91 bits per heavy atom. The fourth-order valence-electron chi connectivity index (χ4n) is 2.80. The van der Waals surface area contributed by atoms with E-state index in [1.54, 1.807) is 12.1 Å². The van der Waals surface area contributed by atoms with Crippen molar-refractivity contribution in [3.8, 4) is 0 Å². The monoisotopic (exact) mass is 337 g/mol. The van der Waals surface area contributed by atoms with Gasteiger partial charge in [-0.15, -0.1) is 12.4 Å². The Morgan fingerprint density at radius 3 is 2.36 bits per heavy atom. The molecule has 1 N–H and O–H groups in total. The summed E-state index contributed by atoms with van der Waals surface area (Å²) in [6.07, 6.45) is -3.93. The number of carboxylic acids is 1. The number of hydrogen-bond donors (Lipinski definition) is 1. The first kappa shape index (κ1) is 18.6. The average Bonchev–Trinajstić information content (AvgIpc) is 2.37. The largest absolute Gasteiger partial charge is 0.481 e. The van der Waals surface area contributed by atoms with Gasteiger partial charge in [-0.05, 0) is 37.0 Å². The molecule has 3 nitrogen and oxygen atoms in total. The molecule has 124 valence electrons. The minimum atomic E-state index is -4.10. The molecule has 1 heterocycles. The second-order valence-corrected chi connectivity index (χ2v) is 5.49. The van der Waals surface area contributed by atoms with E-state index in [1.165, 1.54) is 0 Å². The molecule has 0 saturated carbocycles. The normalized spacial score (nSPS) is 16.3. The van der Waals surface area contributed by atoms with E-state index in [9.17, 15) is 18.0 Å². The lowest BCUT2D eigenvalue weighted by molar-refractivity contribution is -0.179. The van der Waals surface area contributed by atoms with Crippen LogP contribution in [0, 0.1) is 12.8 Å². The highest BCUT2D eigenvalue weighted by atomic mass is 35.5. The number of aryl methyl sites for hydroxylation is 1. The van der Waals surface area contributed by atoms with Gasteiger partial charge in [0.15, 0.2) is 0 Å². The Labute approximate surface area is 133 Å². The number of carboxylic acid groups (broad SMARTS) is 1. The first-order valence-electron chi connectivity index (χ1n) is 6.90. The summed E-state index contributed by atoms with van der Waals surface area (Å²) in [7, 11) is 0. The molecule has 0 spiro atoms. The van der Waals surface area contributed by atoms with Crippen LogP contribution in [0.1, 0.15) is 24.0 Å². The van der Waals surface area contributed by atoms with E-state index in [4.69, 9.17) is 5.11 Å². The predicted molar refractivity (Wildman–Crippen MR) is 80.8 cm³/mol. The van der Waals surface area contributed by atoms with Gasteiger partial charge in [-0.2, -0.15) is 13.2 Å². The first-order valence-corrected chi connectivity index (χ1v) is 6.90. The number of benzene rings is 1. The Hall–Kier alpha value is -1.43. The maximum atomic E-state index is 12.7. The second-order valence-electron chi connectivity index (χ2n) is 5.49. The Morgan fingerprint density at radius 1 is 1.32 bits per heavy atom. The number of hydrogen-bond acceptors (Lipinski definition) is 2. The smallest absolute Gasteiger partial charge is 0.391 e. The van der Waals surface area contributed by atoms with E-state index in [0.29, 0.717) is 18.7 Å². The third kappa shape index (κ3) is 4.53. The molecule has 1 saturated heterocycles.